The van der Waals surface area contributed by atoms with Crippen molar-refractivity contribution in [2.75, 3.05) is 6.61 Å². The number of nitrogens with zero attached hydrogens (tertiary/aromatic N) is 1. The van der Waals surface area contributed by atoms with Crippen LogP contribution in [0.2, 0.25) is 0 Å². The van der Waals surface area contributed by atoms with Crippen LogP contribution in [0.3, 0.4) is 0 Å². The summed E-state index contributed by atoms with van der Waals surface area (Å²) in [7, 11) is 0. The number of benzene rings is 1. The lowest BCUT2D eigenvalue weighted by atomic mass is 9.96. The van der Waals surface area contributed by atoms with Crippen molar-refractivity contribution in [2.24, 2.45) is 11.7 Å². The second-order valence-corrected chi connectivity index (χ2v) is 8.70. The molecular weight excluding hydrogens is 353 g/mol. The number of nitrogens with two attached hydrogens (primary N) is 1. The molecule has 0 aliphatic heterocycles. The Balaban J connectivity index is 1.50. The number of aromatic amines is 1. The number of fused-ring (bicyclic) bond motifs is 1. The number of H-pyrrole nitrogens is 1. The third-order valence-electron chi connectivity index (χ3n) is 5.14. The molecule has 3 N–H and O–H groups in total. The lowest BCUT2D eigenvalue weighted by molar-refractivity contribution is 0.299. The molecule has 5 nitrogen and oxygen atoms in total. The Kier molecular flexibility index (Phi) is 5.18. The number of hydrogen-bond donors (Lipinski definition) is 2. The molecule has 0 unspecified atom stereocenters. The normalized spacial score (nSPS) is 23.3. The van der Waals surface area contributed by atoms with Crippen LogP contribution in [0.15, 0.2) is 16.9 Å². The first-order chi connectivity index (χ1) is 12.6. The Morgan fingerprint density at radius 3 is 2.73 bits per heavy atom. The predicted octanol–water partition coefficient (Wildman–Crippen LogP) is 3.35. The molecule has 2 fully saturated rings. The number of aromatic nitrogens is 2. The van der Waals surface area contributed by atoms with Crippen molar-refractivity contribution in [2.45, 2.75) is 55.6 Å². The summed E-state index contributed by atoms with van der Waals surface area (Å²) in [5.41, 5.74) is 5.88. The summed E-state index contributed by atoms with van der Waals surface area (Å²) >= 11 is 1.79. The monoisotopic (exact) mass is 377 g/mol. The van der Waals surface area contributed by atoms with Crippen molar-refractivity contribution < 1.29 is 9.13 Å². The summed E-state index contributed by atoms with van der Waals surface area (Å²) in [4.78, 5) is 19.5. The van der Waals surface area contributed by atoms with Crippen LogP contribution >= 0.6 is 11.8 Å². The fraction of sp³-hybridized carbons (Fsp3) is 0.579. The van der Waals surface area contributed by atoms with Gasteiger partial charge in [0.05, 0.1) is 17.9 Å². The summed E-state index contributed by atoms with van der Waals surface area (Å²) in [5, 5.41) is 0.543. The zero-order valence-electron chi connectivity index (χ0n) is 14.7. The summed E-state index contributed by atoms with van der Waals surface area (Å²) < 4.78 is 20.0. The highest BCUT2D eigenvalue weighted by atomic mass is 32.2. The smallest absolute Gasteiger partial charge is 0.261 e. The van der Waals surface area contributed by atoms with Crippen molar-refractivity contribution in [3.05, 3.63) is 34.1 Å². The summed E-state index contributed by atoms with van der Waals surface area (Å²) in [6.07, 6.45) is 6.62. The Labute approximate surface area is 155 Å². The van der Waals surface area contributed by atoms with Crippen molar-refractivity contribution in [1.29, 1.82) is 0 Å². The quantitative estimate of drug-likeness (QED) is 0.807. The van der Waals surface area contributed by atoms with E-state index in [1.54, 1.807) is 17.8 Å². The minimum atomic E-state index is -0.581. The molecule has 7 heteroatoms. The van der Waals surface area contributed by atoms with E-state index in [0.29, 0.717) is 46.7 Å². The van der Waals surface area contributed by atoms with Crippen LogP contribution in [-0.4, -0.2) is 27.9 Å². The van der Waals surface area contributed by atoms with Crippen LogP contribution in [0.4, 0.5) is 4.39 Å². The minimum Gasteiger partial charge on any atom is -0.493 e. The zero-order valence-corrected chi connectivity index (χ0v) is 15.5. The highest BCUT2D eigenvalue weighted by Gasteiger charge is 2.23. The molecule has 0 atom stereocenters. The van der Waals surface area contributed by atoms with Gasteiger partial charge in [-0.1, -0.05) is 0 Å². The van der Waals surface area contributed by atoms with E-state index in [1.165, 1.54) is 18.9 Å². The number of hydrogen-bond acceptors (Lipinski definition) is 5. The van der Waals surface area contributed by atoms with Gasteiger partial charge >= 0.3 is 0 Å². The number of ether oxygens (including phenoxy) is 1. The molecule has 140 valence electrons. The van der Waals surface area contributed by atoms with Crippen LogP contribution in [0, 0.1) is 11.7 Å². The largest absolute Gasteiger partial charge is 0.493 e. The van der Waals surface area contributed by atoms with E-state index in [4.69, 9.17) is 10.5 Å². The van der Waals surface area contributed by atoms with Gasteiger partial charge in [-0.05, 0) is 44.4 Å². The maximum absolute atomic E-state index is 14.3. The molecule has 2 aromatic rings. The van der Waals surface area contributed by atoms with Gasteiger partial charge < -0.3 is 15.5 Å². The average Bonchev–Trinajstić information content (AvgIpc) is 3.43. The number of nitrogens with one attached hydrogen (secondary N) is 1. The van der Waals surface area contributed by atoms with Gasteiger partial charge in [0.15, 0.2) is 0 Å². The first-order valence-electron chi connectivity index (χ1n) is 9.31. The molecule has 2 aliphatic carbocycles. The maximum Gasteiger partial charge on any atom is 0.261 e. The zero-order chi connectivity index (χ0) is 18.1. The molecule has 2 aliphatic rings. The molecular formula is C19H24FN3O2S. The Morgan fingerprint density at radius 2 is 2.00 bits per heavy atom. The highest BCUT2D eigenvalue weighted by Crippen LogP contribution is 2.31. The van der Waals surface area contributed by atoms with E-state index in [0.717, 1.165) is 25.7 Å². The summed E-state index contributed by atoms with van der Waals surface area (Å²) in [6.45, 7) is 0.598. The molecule has 0 spiro atoms. The van der Waals surface area contributed by atoms with E-state index in [2.05, 4.69) is 9.97 Å². The molecule has 0 radical (unpaired) electrons. The predicted molar refractivity (Wildman–Crippen MR) is 102 cm³/mol. The fourth-order valence-corrected chi connectivity index (χ4v) is 4.49. The molecule has 0 amide bonds. The second-order valence-electron chi connectivity index (χ2n) is 7.41. The van der Waals surface area contributed by atoms with Crippen molar-refractivity contribution in [1.82, 2.24) is 9.97 Å². The van der Waals surface area contributed by atoms with Crippen molar-refractivity contribution in [3.8, 4) is 5.75 Å². The standard InChI is InChI=1S/C19H24FN3O2S/c20-15-7-13(25-9-11-1-2-11)8-16-18(15)19(24)23-17(22-16)10-26-14-5-3-12(21)4-6-14/h7-8,11-12,14H,1-6,9-10,21H2,(H,22,23,24)/t12-,14+. The first kappa shape index (κ1) is 17.8. The topological polar surface area (TPSA) is 81.0 Å². The van der Waals surface area contributed by atoms with E-state index >= 15 is 0 Å². The molecule has 0 bridgehead atoms. The Morgan fingerprint density at radius 1 is 1.23 bits per heavy atom. The molecule has 26 heavy (non-hydrogen) atoms. The van der Waals surface area contributed by atoms with Gasteiger partial charge in [0.1, 0.15) is 22.8 Å². The van der Waals surface area contributed by atoms with E-state index in [-0.39, 0.29) is 5.39 Å². The molecule has 4 rings (SSSR count). The van der Waals surface area contributed by atoms with E-state index in [1.807, 2.05) is 0 Å². The molecule has 1 aromatic heterocycles. The van der Waals surface area contributed by atoms with Gasteiger partial charge in [0.25, 0.3) is 5.56 Å². The number of halogens is 1. The van der Waals surface area contributed by atoms with E-state index < -0.39 is 11.4 Å². The van der Waals surface area contributed by atoms with Crippen LogP contribution in [-0.2, 0) is 5.75 Å². The summed E-state index contributed by atoms with van der Waals surface area (Å²) in [5.74, 6) is 1.64. The SMILES string of the molecule is N[C@H]1CC[C@@H](SCc2nc3cc(OCC4CC4)cc(F)c3c(=O)[nH]2)CC1. The van der Waals surface area contributed by atoms with Gasteiger partial charge in [-0.2, -0.15) is 11.8 Å². The van der Waals surface area contributed by atoms with Gasteiger partial charge in [0, 0.05) is 23.4 Å². The third kappa shape index (κ3) is 4.20. The van der Waals surface area contributed by atoms with Gasteiger partial charge in [0.2, 0.25) is 0 Å². The molecule has 1 aromatic carbocycles. The Hall–Kier alpha value is -1.60. The van der Waals surface area contributed by atoms with Gasteiger partial charge in [-0.25, -0.2) is 9.37 Å². The fourth-order valence-electron chi connectivity index (χ4n) is 3.35. The van der Waals surface area contributed by atoms with Crippen LogP contribution < -0.4 is 16.0 Å². The molecule has 0 saturated heterocycles. The molecule has 2 saturated carbocycles. The van der Waals surface area contributed by atoms with Crippen LogP contribution in [0.5, 0.6) is 5.75 Å². The van der Waals surface area contributed by atoms with Crippen LogP contribution in [0.1, 0.15) is 44.3 Å². The number of rotatable bonds is 6. The number of thioether (sulfide) groups is 1. The van der Waals surface area contributed by atoms with Crippen molar-refractivity contribution in [3.63, 3.8) is 0 Å². The second kappa shape index (κ2) is 7.56. The Bertz CT molecular complexity index is 845. The maximum atomic E-state index is 14.3. The first-order valence-corrected chi connectivity index (χ1v) is 10.4. The van der Waals surface area contributed by atoms with Crippen molar-refractivity contribution >= 4 is 22.7 Å². The highest BCUT2D eigenvalue weighted by molar-refractivity contribution is 7.99. The third-order valence-corrected chi connectivity index (χ3v) is 6.52. The van der Waals surface area contributed by atoms with E-state index in [9.17, 15) is 9.18 Å². The lowest BCUT2D eigenvalue weighted by Crippen LogP contribution is -2.27. The average molecular weight is 377 g/mol. The lowest BCUT2D eigenvalue weighted by Gasteiger charge is -2.25. The van der Waals surface area contributed by atoms with Crippen LogP contribution in [0.25, 0.3) is 10.9 Å². The van der Waals surface area contributed by atoms with Gasteiger partial charge in [-0.3, -0.25) is 4.79 Å². The van der Waals surface area contributed by atoms with Gasteiger partial charge in [-0.15, -0.1) is 0 Å². The summed E-state index contributed by atoms with van der Waals surface area (Å²) in [6, 6.07) is 3.27. The molecule has 1 heterocycles. The minimum absolute atomic E-state index is 0.00108.